The van der Waals surface area contributed by atoms with E-state index in [0.29, 0.717) is 0 Å². The van der Waals surface area contributed by atoms with Gasteiger partial charge in [-0.15, -0.1) is 0 Å². The summed E-state index contributed by atoms with van der Waals surface area (Å²) in [5.41, 5.74) is 1.84. The van der Waals surface area contributed by atoms with E-state index >= 15 is 0 Å². The Hall–Kier alpha value is -1.44. The Morgan fingerprint density at radius 1 is 0.933 bits per heavy atom. The Labute approximate surface area is 92.4 Å². The van der Waals surface area contributed by atoms with Gasteiger partial charge in [-0.2, -0.15) is 0 Å². The van der Waals surface area contributed by atoms with E-state index in [1.165, 1.54) is 0 Å². The van der Waals surface area contributed by atoms with Gasteiger partial charge in [0.25, 0.3) is 0 Å². The van der Waals surface area contributed by atoms with Crippen LogP contribution in [0.3, 0.4) is 0 Å². The number of aryl methyl sites for hydroxylation is 1. The van der Waals surface area contributed by atoms with Crippen molar-refractivity contribution in [3.63, 3.8) is 0 Å². The molecule has 2 aromatic heterocycles. The summed E-state index contributed by atoms with van der Waals surface area (Å²) in [7, 11) is 0. The Kier molecular flexibility index (Phi) is 7.16. The summed E-state index contributed by atoms with van der Waals surface area (Å²) in [6, 6.07) is 7.95. The van der Waals surface area contributed by atoms with Crippen molar-refractivity contribution in [3.8, 4) is 0 Å². The van der Waals surface area contributed by atoms with Gasteiger partial charge in [-0.05, 0) is 31.2 Å². The van der Waals surface area contributed by atoms with Crippen LogP contribution in [0.25, 0.3) is 11.0 Å². The molecule has 2 rings (SSSR count). The highest BCUT2D eigenvalue weighted by Crippen LogP contribution is 2.07. The van der Waals surface area contributed by atoms with E-state index in [2.05, 4.69) is 9.97 Å². The third kappa shape index (κ3) is 4.07. The van der Waals surface area contributed by atoms with Crippen molar-refractivity contribution in [1.82, 2.24) is 9.97 Å². The van der Waals surface area contributed by atoms with Crippen molar-refractivity contribution < 1.29 is 0 Å². The minimum absolute atomic E-state index is 0.826. The second-order valence-corrected chi connectivity index (χ2v) is 2.50. The number of nitrogens with zero attached hydrogens (tertiary/aromatic N) is 2. The molecule has 2 nitrogen and oxygen atoms in total. The number of fused-ring (bicyclic) bond motifs is 1. The Morgan fingerprint density at radius 3 is 2.27 bits per heavy atom. The van der Waals surface area contributed by atoms with Crippen LogP contribution in [0.4, 0.5) is 0 Å². The fraction of sp³-hybridized carbons (Fsp3) is 0.385. The monoisotopic (exact) mass is 204 g/mol. The van der Waals surface area contributed by atoms with Gasteiger partial charge in [0.1, 0.15) is 0 Å². The third-order valence-corrected chi connectivity index (χ3v) is 1.60. The minimum atomic E-state index is 0.826. The standard InChI is InChI=1S/C9H8N2.2C2H6/c1-7-4-5-8-3-2-6-10-9(8)11-7;2*1-2/h2-6H,1H3;2*1-2H3. The van der Waals surface area contributed by atoms with E-state index in [9.17, 15) is 0 Å². The second-order valence-electron chi connectivity index (χ2n) is 2.50. The molecule has 2 heterocycles. The first kappa shape index (κ1) is 13.6. The van der Waals surface area contributed by atoms with Crippen LogP contribution in [0.5, 0.6) is 0 Å². The lowest BCUT2D eigenvalue weighted by molar-refractivity contribution is 1.20. The summed E-state index contributed by atoms with van der Waals surface area (Å²) < 4.78 is 0. The molecule has 0 aliphatic carbocycles. The fourth-order valence-corrected chi connectivity index (χ4v) is 1.05. The Morgan fingerprint density at radius 2 is 1.60 bits per heavy atom. The first-order valence-corrected chi connectivity index (χ1v) is 5.55. The normalized spacial score (nSPS) is 8.33. The molecule has 82 valence electrons. The van der Waals surface area contributed by atoms with Gasteiger partial charge in [-0.25, -0.2) is 9.97 Å². The van der Waals surface area contributed by atoms with E-state index in [4.69, 9.17) is 0 Å². The molecule has 0 amide bonds. The van der Waals surface area contributed by atoms with Gasteiger partial charge in [0.15, 0.2) is 5.65 Å². The van der Waals surface area contributed by atoms with E-state index in [1.54, 1.807) is 6.20 Å². The van der Waals surface area contributed by atoms with Gasteiger partial charge in [-0.3, -0.25) is 0 Å². The molecular weight excluding hydrogens is 184 g/mol. The van der Waals surface area contributed by atoms with Crippen LogP contribution in [-0.4, -0.2) is 9.97 Å². The topological polar surface area (TPSA) is 25.8 Å². The first-order valence-electron chi connectivity index (χ1n) is 5.55. The molecule has 0 saturated carbocycles. The quantitative estimate of drug-likeness (QED) is 0.648. The molecule has 0 atom stereocenters. The Balaban J connectivity index is 0.000000442. The lowest BCUT2D eigenvalue weighted by atomic mass is 10.3. The molecule has 0 aromatic carbocycles. The van der Waals surface area contributed by atoms with E-state index in [1.807, 2.05) is 58.9 Å². The van der Waals surface area contributed by atoms with Crippen LogP contribution in [-0.2, 0) is 0 Å². The minimum Gasteiger partial charge on any atom is -0.237 e. The predicted octanol–water partition coefficient (Wildman–Crippen LogP) is 3.99. The van der Waals surface area contributed by atoms with Gasteiger partial charge in [0.2, 0.25) is 0 Å². The van der Waals surface area contributed by atoms with Crippen molar-refractivity contribution in [2.24, 2.45) is 0 Å². The van der Waals surface area contributed by atoms with Crippen molar-refractivity contribution in [2.45, 2.75) is 34.6 Å². The Bertz CT molecular complexity index is 383. The van der Waals surface area contributed by atoms with Gasteiger partial charge in [0, 0.05) is 17.3 Å². The summed E-state index contributed by atoms with van der Waals surface area (Å²) in [4.78, 5) is 8.40. The molecule has 0 unspecified atom stereocenters. The van der Waals surface area contributed by atoms with Crippen molar-refractivity contribution in [1.29, 1.82) is 0 Å². The van der Waals surface area contributed by atoms with E-state index < -0.39 is 0 Å². The largest absolute Gasteiger partial charge is 0.237 e. The number of pyridine rings is 2. The summed E-state index contributed by atoms with van der Waals surface area (Å²) in [6.45, 7) is 9.97. The lowest BCUT2D eigenvalue weighted by Gasteiger charge is -1.94. The van der Waals surface area contributed by atoms with Crippen LogP contribution in [0.15, 0.2) is 30.5 Å². The average Bonchev–Trinajstić information content (AvgIpc) is 2.34. The first-order chi connectivity index (χ1) is 7.36. The molecule has 0 aliphatic rings. The predicted molar refractivity (Wildman–Crippen MR) is 67.0 cm³/mol. The fourth-order valence-electron chi connectivity index (χ4n) is 1.05. The molecule has 0 aliphatic heterocycles. The molecule has 0 bridgehead atoms. The van der Waals surface area contributed by atoms with Crippen LogP contribution in [0.2, 0.25) is 0 Å². The maximum atomic E-state index is 4.26. The van der Waals surface area contributed by atoms with Crippen LogP contribution < -0.4 is 0 Å². The highest BCUT2D eigenvalue weighted by Gasteiger charge is 1.92. The summed E-state index contributed by atoms with van der Waals surface area (Å²) in [5.74, 6) is 0. The number of hydrogen-bond acceptors (Lipinski definition) is 2. The second kappa shape index (κ2) is 7.92. The molecule has 0 saturated heterocycles. The van der Waals surface area contributed by atoms with Crippen LogP contribution in [0.1, 0.15) is 33.4 Å². The van der Waals surface area contributed by atoms with Crippen LogP contribution in [0, 0.1) is 6.92 Å². The number of aromatic nitrogens is 2. The zero-order chi connectivity index (χ0) is 11.7. The third-order valence-electron chi connectivity index (χ3n) is 1.60. The van der Waals surface area contributed by atoms with Crippen LogP contribution >= 0.6 is 0 Å². The summed E-state index contributed by atoms with van der Waals surface area (Å²) in [6.07, 6.45) is 1.76. The smallest absolute Gasteiger partial charge is 0.159 e. The molecule has 0 fully saturated rings. The van der Waals surface area contributed by atoms with E-state index in [-0.39, 0.29) is 0 Å². The molecule has 2 heteroatoms. The summed E-state index contributed by atoms with van der Waals surface area (Å²) in [5, 5.41) is 1.10. The maximum absolute atomic E-state index is 4.26. The molecule has 0 spiro atoms. The highest BCUT2D eigenvalue weighted by molar-refractivity contribution is 5.73. The maximum Gasteiger partial charge on any atom is 0.159 e. The molecule has 0 N–H and O–H groups in total. The molecule has 15 heavy (non-hydrogen) atoms. The molecule has 0 radical (unpaired) electrons. The highest BCUT2D eigenvalue weighted by atomic mass is 14.8. The lowest BCUT2D eigenvalue weighted by Crippen LogP contribution is -1.84. The zero-order valence-electron chi connectivity index (χ0n) is 10.3. The zero-order valence-corrected chi connectivity index (χ0v) is 10.3. The van der Waals surface area contributed by atoms with Crippen molar-refractivity contribution in [2.75, 3.05) is 0 Å². The van der Waals surface area contributed by atoms with Gasteiger partial charge in [-0.1, -0.05) is 27.7 Å². The molecular formula is C13H20N2. The number of hydrogen-bond donors (Lipinski definition) is 0. The average molecular weight is 204 g/mol. The number of rotatable bonds is 0. The van der Waals surface area contributed by atoms with Gasteiger partial charge in [0.05, 0.1) is 0 Å². The van der Waals surface area contributed by atoms with Crippen molar-refractivity contribution >= 4 is 11.0 Å². The van der Waals surface area contributed by atoms with Gasteiger partial charge >= 0.3 is 0 Å². The molecule has 2 aromatic rings. The van der Waals surface area contributed by atoms with Crippen molar-refractivity contribution in [3.05, 3.63) is 36.2 Å². The summed E-state index contributed by atoms with van der Waals surface area (Å²) >= 11 is 0. The SMILES string of the molecule is CC.CC.Cc1ccc2cccnc2n1. The van der Waals surface area contributed by atoms with Gasteiger partial charge < -0.3 is 0 Å². The van der Waals surface area contributed by atoms with E-state index in [0.717, 1.165) is 16.7 Å².